The molecular formula is C14H10Cl2O3. The SMILES string of the molecule is CC(=O)Oc1cccc(Oc2cccc(Cl)c2Cl)c1. The van der Waals surface area contributed by atoms with Crippen molar-refractivity contribution >= 4 is 29.2 Å². The first-order chi connectivity index (χ1) is 9.06. The van der Waals surface area contributed by atoms with Gasteiger partial charge in [0.1, 0.15) is 22.3 Å². The average Bonchev–Trinajstić information content (AvgIpc) is 2.35. The molecule has 19 heavy (non-hydrogen) atoms. The lowest BCUT2D eigenvalue weighted by Gasteiger charge is -2.09. The Kier molecular flexibility index (Phi) is 4.30. The molecule has 5 heteroatoms. The van der Waals surface area contributed by atoms with Crippen LogP contribution in [0.1, 0.15) is 6.92 Å². The van der Waals surface area contributed by atoms with Crippen LogP contribution >= 0.6 is 23.2 Å². The fourth-order valence-corrected chi connectivity index (χ4v) is 1.79. The molecule has 0 aliphatic rings. The molecule has 0 aliphatic heterocycles. The van der Waals surface area contributed by atoms with Gasteiger partial charge < -0.3 is 9.47 Å². The van der Waals surface area contributed by atoms with Crippen LogP contribution in [0, 0.1) is 0 Å². The van der Waals surface area contributed by atoms with Crippen LogP contribution in [0.25, 0.3) is 0 Å². The molecule has 0 fully saturated rings. The molecule has 2 aromatic rings. The maximum absolute atomic E-state index is 10.9. The Morgan fingerprint density at radius 1 is 1.05 bits per heavy atom. The summed E-state index contributed by atoms with van der Waals surface area (Å²) in [6.45, 7) is 1.33. The topological polar surface area (TPSA) is 35.5 Å². The van der Waals surface area contributed by atoms with Crippen LogP contribution in [-0.2, 0) is 4.79 Å². The number of carbonyl (C=O) groups excluding carboxylic acids is 1. The fourth-order valence-electron chi connectivity index (χ4n) is 1.46. The highest BCUT2D eigenvalue weighted by atomic mass is 35.5. The van der Waals surface area contributed by atoms with Crippen molar-refractivity contribution in [1.29, 1.82) is 0 Å². The molecule has 2 rings (SSSR count). The van der Waals surface area contributed by atoms with Crippen molar-refractivity contribution in [3.63, 3.8) is 0 Å². The van der Waals surface area contributed by atoms with Gasteiger partial charge in [-0.1, -0.05) is 35.3 Å². The van der Waals surface area contributed by atoms with Gasteiger partial charge in [0.2, 0.25) is 0 Å². The maximum Gasteiger partial charge on any atom is 0.308 e. The summed E-state index contributed by atoms with van der Waals surface area (Å²) in [6.07, 6.45) is 0. The lowest BCUT2D eigenvalue weighted by atomic mass is 10.3. The molecule has 0 atom stereocenters. The predicted molar refractivity (Wildman–Crippen MR) is 74.3 cm³/mol. The molecule has 0 bridgehead atoms. The number of hydrogen-bond acceptors (Lipinski definition) is 3. The Labute approximate surface area is 120 Å². The molecule has 0 saturated heterocycles. The smallest absolute Gasteiger partial charge is 0.308 e. The van der Waals surface area contributed by atoms with E-state index in [2.05, 4.69) is 0 Å². The molecular weight excluding hydrogens is 287 g/mol. The summed E-state index contributed by atoms with van der Waals surface area (Å²) in [5, 5.41) is 0.748. The zero-order chi connectivity index (χ0) is 13.8. The highest BCUT2D eigenvalue weighted by molar-refractivity contribution is 6.42. The first kappa shape index (κ1) is 13.7. The van der Waals surface area contributed by atoms with Crippen molar-refractivity contribution in [2.75, 3.05) is 0 Å². The molecule has 0 aliphatic carbocycles. The Hall–Kier alpha value is -1.71. The van der Waals surface area contributed by atoms with Crippen molar-refractivity contribution in [3.8, 4) is 17.2 Å². The highest BCUT2D eigenvalue weighted by Crippen LogP contribution is 2.35. The monoisotopic (exact) mass is 296 g/mol. The third-order valence-electron chi connectivity index (χ3n) is 2.21. The largest absolute Gasteiger partial charge is 0.456 e. The van der Waals surface area contributed by atoms with Crippen molar-refractivity contribution in [1.82, 2.24) is 0 Å². The van der Waals surface area contributed by atoms with Gasteiger partial charge in [0.15, 0.2) is 0 Å². The van der Waals surface area contributed by atoms with E-state index in [1.54, 1.807) is 42.5 Å². The zero-order valence-electron chi connectivity index (χ0n) is 10.0. The van der Waals surface area contributed by atoms with E-state index in [0.717, 1.165) is 0 Å². The van der Waals surface area contributed by atoms with E-state index in [0.29, 0.717) is 27.3 Å². The highest BCUT2D eigenvalue weighted by Gasteiger charge is 2.07. The lowest BCUT2D eigenvalue weighted by molar-refractivity contribution is -0.131. The summed E-state index contributed by atoms with van der Waals surface area (Å²) in [5.74, 6) is 0.957. The molecule has 98 valence electrons. The number of carbonyl (C=O) groups is 1. The van der Waals surface area contributed by atoms with Crippen LogP contribution in [0.2, 0.25) is 10.0 Å². The van der Waals surface area contributed by atoms with E-state index in [9.17, 15) is 4.79 Å². The zero-order valence-corrected chi connectivity index (χ0v) is 11.5. The first-order valence-corrected chi connectivity index (χ1v) is 6.22. The lowest BCUT2D eigenvalue weighted by Crippen LogP contribution is -2.01. The second-order valence-corrected chi connectivity index (χ2v) is 4.51. The standard InChI is InChI=1S/C14H10Cl2O3/c1-9(17)18-10-4-2-5-11(8-10)19-13-7-3-6-12(15)14(13)16/h2-8H,1H3. The van der Waals surface area contributed by atoms with E-state index in [-0.39, 0.29) is 0 Å². The molecule has 0 saturated carbocycles. The number of esters is 1. The summed E-state index contributed by atoms with van der Waals surface area (Å²) in [6, 6.07) is 11.8. The number of hydrogen-bond donors (Lipinski definition) is 0. The van der Waals surface area contributed by atoms with Crippen LogP contribution in [0.4, 0.5) is 0 Å². The van der Waals surface area contributed by atoms with Gasteiger partial charge in [-0.15, -0.1) is 0 Å². The van der Waals surface area contributed by atoms with Crippen molar-refractivity contribution in [2.45, 2.75) is 6.92 Å². The van der Waals surface area contributed by atoms with Crippen LogP contribution in [0.5, 0.6) is 17.2 Å². The van der Waals surface area contributed by atoms with E-state index < -0.39 is 5.97 Å². The van der Waals surface area contributed by atoms with Gasteiger partial charge in [0, 0.05) is 13.0 Å². The molecule has 3 nitrogen and oxygen atoms in total. The number of halogens is 2. The Morgan fingerprint density at radius 3 is 2.47 bits per heavy atom. The van der Waals surface area contributed by atoms with Gasteiger partial charge in [-0.25, -0.2) is 0 Å². The molecule has 0 amide bonds. The molecule has 0 unspecified atom stereocenters. The molecule has 0 heterocycles. The Morgan fingerprint density at radius 2 is 1.74 bits per heavy atom. The summed E-state index contributed by atoms with van der Waals surface area (Å²) in [7, 11) is 0. The van der Waals surface area contributed by atoms with Gasteiger partial charge >= 0.3 is 5.97 Å². The van der Waals surface area contributed by atoms with E-state index >= 15 is 0 Å². The van der Waals surface area contributed by atoms with Gasteiger partial charge in [0.25, 0.3) is 0 Å². The van der Waals surface area contributed by atoms with Crippen LogP contribution < -0.4 is 9.47 Å². The summed E-state index contributed by atoms with van der Waals surface area (Å²) in [5.41, 5.74) is 0. The number of ether oxygens (including phenoxy) is 2. The molecule has 0 N–H and O–H groups in total. The maximum atomic E-state index is 10.9. The minimum absolute atomic E-state index is 0.335. The summed E-state index contributed by atoms with van der Waals surface area (Å²) < 4.78 is 10.6. The average molecular weight is 297 g/mol. The number of rotatable bonds is 3. The van der Waals surface area contributed by atoms with Crippen LogP contribution in [-0.4, -0.2) is 5.97 Å². The second-order valence-electron chi connectivity index (χ2n) is 3.72. The summed E-state index contributed by atoms with van der Waals surface area (Å²) in [4.78, 5) is 10.9. The third kappa shape index (κ3) is 3.63. The molecule has 0 aromatic heterocycles. The first-order valence-electron chi connectivity index (χ1n) is 5.46. The van der Waals surface area contributed by atoms with Gasteiger partial charge in [-0.3, -0.25) is 4.79 Å². The quantitative estimate of drug-likeness (QED) is 0.608. The van der Waals surface area contributed by atoms with E-state index in [1.807, 2.05) is 0 Å². The minimum Gasteiger partial charge on any atom is -0.456 e. The minimum atomic E-state index is -0.391. The van der Waals surface area contributed by atoms with Crippen molar-refractivity contribution < 1.29 is 14.3 Å². The number of benzene rings is 2. The van der Waals surface area contributed by atoms with Crippen LogP contribution in [0.3, 0.4) is 0 Å². The van der Waals surface area contributed by atoms with Gasteiger partial charge in [-0.05, 0) is 24.3 Å². The normalized spacial score (nSPS) is 10.1. The van der Waals surface area contributed by atoms with Gasteiger partial charge in [-0.2, -0.15) is 0 Å². The molecule has 0 radical (unpaired) electrons. The molecule has 2 aromatic carbocycles. The predicted octanol–water partition coefficient (Wildman–Crippen LogP) is 4.71. The van der Waals surface area contributed by atoms with Crippen molar-refractivity contribution in [3.05, 3.63) is 52.5 Å². The molecule has 0 spiro atoms. The third-order valence-corrected chi connectivity index (χ3v) is 3.01. The van der Waals surface area contributed by atoms with E-state index in [1.165, 1.54) is 6.92 Å². The summed E-state index contributed by atoms with van der Waals surface area (Å²) >= 11 is 11.9. The Balaban J connectivity index is 2.23. The fraction of sp³-hybridized carbons (Fsp3) is 0.0714. The second kappa shape index (κ2) is 5.95. The van der Waals surface area contributed by atoms with Gasteiger partial charge in [0.05, 0.1) is 5.02 Å². The Bertz CT molecular complexity index is 611. The van der Waals surface area contributed by atoms with E-state index in [4.69, 9.17) is 32.7 Å². The van der Waals surface area contributed by atoms with Crippen LogP contribution in [0.15, 0.2) is 42.5 Å². The van der Waals surface area contributed by atoms with Crippen molar-refractivity contribution in [2.24, 2.45) is 0 Å².